The highest BCUT2D eigenvalue weighted by molar-refractivity contribution is 7.89. The molecular weight excluding hydrogens is 468 g/mol. The molecule has 8 nitrogen and oxygen atoms in total. The second kappa shape index (κ2) is 9.87. The van der Waals surface area contributed by atoms with Gasteiger partial charge in [0.05, 0.1) is 45.1 Å². The number of sulfonamides is 1. The summed E-state index contributed by atoms with van der Waals surface area (Å²) in [6.45, 7) is 1.91. The molecule has 0 radical (unpaired) electrons. The molecule has 0 bridgehead atoms. The minimum absolute atomic E-state index is 0.160. The molecule has 0 spiro atoms. The molecule has 0 N–H and O–H groups in total. The lowest BCUT2D eigenvalue weighted by molar-refractivity contribution is 0.346. The number of hydrazone groups is 1. The van der Waals surface area contributed by atoms with Crippen molar-refractivity contribution < 1.29 is 27.4 Å². The molecule has 1 atom stereocenters. The van der Waals surface area contributed by atoms with Crippen molar-refractivity contribution >= 4 is 15.7 Å². The van der Waals surface area contributed by atoms with E-state index in [0.717, 1.165) is 11.1 Å². The Morgan fingerprint density at radius 3 is 2.09 bits per heavy atom. The van der Waals surface area contributed by atoms with Crippen LogP contribution >= 0.6 is 0 Å². The van der Waals surface area contributed by atoms with Crippen LogP contribution in [0.4, 0.5) is 0 Å². The van der Waals surface area contributed by atoms with E-state index in [1.165, 1.54) is 4.41 Å². The van der Waals surface area contributed by atoms with Crippen LogP contribution in [0.2, 0.25) is 0 Å². The van der Waals surface area contributed by atoms with Crippen LogP contribution in [0.1, 0.15) is 29.2 Å². The van der Waals surface area contributed by atoms with Crippen molar-refractivity contribution in [2.75, 3.05) is 28.4 Å². The first-order valence-corrected chi connectivity index (χ1v) is 12.4. The first kappa shape index (κ1) is 24.4. The van der Waals surface area contributed by atoms with Crippen LogP contribution in [0.5, 0.6) is 23.0 Å². The van der Waals surface area contributed by atoms with Gasteiger partial charge in [0, 0.05) is 17.5 Å². The third-order valence-electron chi connectivity index (χ3n) is 5.95. The van der Waals surface area contributed by atoms with Crippen molar-refractivity contribution in [2.45, 2.75) is 24.3 Å². The molecule has 1 aliphatic heterocycles. The largest absolute Gasteiger partial charge is 0.497 e. The van der Waals surface area contributed by atoms with Crippen LogP contribution < -0.4 is 18.9 Å². The zero-order chi connectivity index (χ0) is 25.2. The van der Waals surface area contributed by atoms with E-state index < -0.39 is 16.1 Å². The Labute approximate surface area is 205 Å². The summed E-state index contributed by atoms with van der Waals surface area (Å²) in [4.78, 5) is 0.160. The second-order valence-corrected chi connectivity index (χ2v) is 9.83. The number of hydrogen-bond acceptors (Lipinski definition) is 7. The molecule has 0 aliphatic carbocycles. The highest BCUT2D eigenvalue weighted by Gasteiger charge is 2.39. The summed E-state index contributed by atoms with van der Waals surface area (Å²) >= 11 is 0. The molecule has 4 rings (SSSR count). The molecule has 1 aliphatic rings. The number of aryl methyl sites for hydroxylation is 1. The standard InChI is InChI=1S/C26H28N2O6S/c1-17-6-10-20(11-7-17)35(29,30)28-23(21-15-19(31-2)9-13-24(21)32-3)16-22(27-28)18-8-12-25(33-4)26(14-18)34-5/h6-15,23H,16H2,1-5H3. The summed E-state index contributed by atoms with van der Waals surface area (Å²) in [7, 11) is 2.25. The molecule has 3 aromatic carbocycles. The fourth-order valence-electron chi connectivity index (χ4n) is 4.05. The third kappa shape index (κ3) is 4.64. The quantitative estimate of drug-likeness (QED) is 0.454. The van der Waals surface area contributed by atoms with Gasteiger partial charge in [-0.2, -0.15) is 17.9 Å². The molecule has 9 heteroatoms. The van der Waals surface area contributed by atoms with E-state index in [1.807, 2.05) is 13.0 Å². The summed E-state index contributed by atoms with van der Waals surface area (Å²) in [5.74, 6) is 2.24. The van der Waals surface area contributed by atoms with Crippen molar-refractivity contribution in [1.82, 2.24) is 4.41 Å². The van der Waals surface area contributed by atoms with Crippen LogP contribution in [0.3, 0.4) is 0 Å². The maximum absolute atomic E-state index is 13.8. The minimum Gasteiger partial charge on any atom is -0.497 e. The van der Waals surface area contributed by atoms with Gasteiger partial charge in [0.15, 0.2) is 11.5 Å². The Morgan fingerprint density at radius 2 is 1.46 bits per heavy atom. The van der Waals surface area contributed by atoms with E-state index in [0.29, 0.717) is 40.7 Å². The van der Waals surface area contributed by atoms with Gasteiger partial charge in [-0.25, -0.2) is 0 Å². The van der Waals surface area contributed by atoms with Gasteiger partial charge in [-0.3, -0.25) is 0 Å². The van der Waals surface area contributed by atoms with Crippen molar-refractivity contribution in [2.24, 2.45) is 5.10 Å². The normalized spacial score (nSPS) is 15.5. The molecule has 3 aromatic rings. The van der Waals surface area contributed by atoms with Crippen LogP contribution in [0, 0.1) is 6.92 Å². The lowest BCUT2D eigenvalue weighted by atomic mass is 9.98. The van der Waals surface area contributed by atoms with Gasteiger partial charge in [0.25, 0.3) is 10.0 Å². The number of nitrogens with zero attached hydrogens (tertiary/aromatic N) is 2. The van der Waals surface area contributed by atoms with E-state index in [2.05, 4.69) is 5.10 Å². The van der Waals surface area contributed by atoms with Gasteiger partial charge in [0.1, 0.15) is 11.5 Å². The van der Waals surface area contributed by atoms with Gasteiger partial charge in [-0.15, -0.1) is 0 Å². The molecule has 0 saturated heterocycles. The number of ether oxygens (including phenoxy) is 4. The SMILES string of the molecule is COc1ccc(OC)c(C2CC(c3ccc(OC)c(OC)c3)=NN2S(=O)(=O)c2ccc(C)cc2)c1. The third-order valence-corrected chi connectivity index (χ3v) is 7.65. The Bertz CT molecular complexity index is 1350. The fourth-order valence-corrected chi connectivity index (χ4v) is 5.48. The van der Waals surface area contributed by atoms with E-state index in [1.54, 1.807) is 83.0 Å². The Hall–Kier alpha value is -3.72. The van der Waals surface area contributed by atoms with Crippen LogP contribution in [0.25, 0.3) is 0 Å². The maximum atomic E-state index is 13.8. The lowest BCUT2D eigenvalue weighted by Gasteiger charge is -2.25. The van der Waals surface area contributed by atoms with Crippen LogP contribution in [-0.4, -0.2) is 47.0 Å². The highest BCUT2D eigenvalue weighted by Crippen LogP contribution is 2.42. The van der Waals surface area contributed by atoms with Crippen molar-refractivity contribution in [3.8, 4) is 23.0 Å². The topological polar surface area (TPSA) is 86.7 Å². The molecule has 184 valence electrons. The zero-order valence-electron chi connectivity index (χ0n) is 20.3. The number of methoxy groups -OCH3 is 4. The number of benzene rings is 3. The van der Waals surface area contributed by atoms with Crippen LogP contribution in [0.15, 0.2) is 70.7 Å². The Morgan fingerprint density at radius 1 is 0.800 bits per heavy atom. The first-order valence-electron chi connectivity index (χ1n) is 10.9. The monoisotopic (exact) mass is 496 g/mol. The Kier molecular flexibility index (Phi) is 6.88. The average Bonchev–Trinajstić information content (AvgIpc) is 3.34. The number of hydrogen-bond donors (Lipinski definition) is 0. The molecule has 0 amide bonds. The first-order chi connectivity index (χ1) is 16.8. The maximum Gasteiger partial charge on any atom is 0.279 e. The molecule has 1 unspecified atom stereocenters. The average molecular weight is 497 g/mol. The van der Waals surface area contributed by atoms with E-state index in [4.69, 9.17) is 18.9 Å². The van der Waals surface area contributed by atoms with E-state index >= 15 is 0 Å². The van der Waals surface area contributed by atoms with E-state index in [-0.39, 0.29) is 4.90 Å². The van der Waals surface area contributed by atoms with Gasteiger partial charge in [0.2, 0.25) is 0 Å². The summed E-state index contributed by atoms with van der Waals surface area (Å²) in [6.07, 6.45) is 0.324. The van der Waals surface area contributed by atoms with Crippen molar-refractivity contribution in [3.05, 3.63) is 77.4 Å². The molecule has 0 aromatic heterocycles. The van der Waals surface area contributed by atoms with Gasteiger partial charge < -0.3 is 18.9 Å². The zero-order valence-corrected chi connectivity index (χ0v) is 21.1. The van der Waals surface area contributed by atoms with Crippen molar-refractivity contribution in [3.63, 3.8) is 0 Å². The van der Waals surface area contributed by atoms with E-state index in [9.17, 15) is 8.42 Å². The van der Waals surface area contributed by atoms with Gasteiger partial charge >= 0.3 is 0 Å². The van der Waals surface area contributed by atoms with Crippen molar-refractivity contribution in [1.29, 1.82) is 0 Å². The minimum atomic E-state index is -3.97. The van der Waals surface area contributed by atoms with Gasteiger partial charge in [-0.1, -0.05) is 17.7 Å². The van der Waals surface area contributed by atoms with Gasteiger partial charge in [-0.05, 0) is 55.5 Å². The second-order valence-electron chi connectivity index (χ2n) is 8.03. The summed E-state index contributed by atoms with van der Waals surface area (Å²) in [6, 6.07) is 16.8. The summed E-state index contributed by atoms with van der Waals surface area (Å²) in [5, 5.41) is 4.62. The number of rotatable bonds is 8. The summed E-state index contributed by atoms with van der Waals surface area (Å²) < 4.78 is 50.5. The van der Waals surface area contributed by atoms with Crippen LogP contribution in [-0.2, 0) is 10.0 Å². The molecule has 0 saturated carbocycles. The predicted molar refractivity (Wildman–Crippen MR) is 133 cm³/mol. The smallest absolute Gasteiger partial charge is 0.279 e. The molecule has 0 fully saturated rings. The molecule has 1 heterocycles. The summed E-state index contributed by atoms with van der Waals surface area (Å²) in [5.41, 5.74) is 2.94. The fraction of sp³-hybridized carbons (Fsp3) is 0.269. The lowest BCUT2D eigenvalue weighted by Crippen LogP contribution is -2.27. The highest BCUT2D eigenvalue weighted by atomic mass is 32.2. The molecule has 35 heavy (non-hydrogen) atoms. The predicted octanol–water partition coefficient (Wildman–Crippen LogP) is 4.57. The molecular formula is C26H28N2O6S. The Balaban J connectivity index is 1.86.